The summed E-state index contributed by atoms with van der Waals surface area (Å²) in [6, 6.07) is 0. The van der Waals surface area contributed by atoms with Gasteiger partial charge in [-0.1, -0.05) is 13.8 Å². The Bertz CT molecular complexity index is 371. The van der Waals surface area contributed by atoms with Crippen LogP contribution in [0.25, 0.3) is 0 Å². The molecule has 0 aliphatic rings. The summed E-state index contributed by atoms with van der Waals surface area (Å²) in [4.78, 5) is 11.0. The fourth-order valence-corrected chi connectivity index (χ4v) is 1.73. The predicted octanol–water partition coefficient (Wildman–Crippen LogP) is 0.769. The van der Waals surface area contributed by atoms with Crippen LogP contribution in [0.15, 0.2) is 6.20 Å². The molecule has 1 amide bonds. The molecule has 0 spiro atoms. The Morgan fingerprint density at radius 2 is 2.24 bits per heavy atom. The quantitative estimate of drug-likeness (QED) is 0.720. The molecule has 0 saturated heterocycles. The van der Waals surface area contributed by atoms with Gasteiger partial charge >= 0.3 is 0 Å². The van der Waals surface area contributed by atoms with Crippen molar-refractivity contribution in [3.8, 4) is 0 Å². The third-order valence-corrected chi connectivity index (χ3v) is 2.61. The highest BCUT2D eigenvalue weighted by atomic mass is 16.1. The Labute approximate surface area is 103 Å². The van der Waals surface area contributed by atoms with Gasteiger partial charge in [0.2, 0.25) is 5.91 Å². The van der Waals surface area contributed by atoms with Crippen LogP contribution < -0.4 is 10.6 Å². The standard InChI is InChI=1S/C12H22N4O/c1-9(2)12-10(8-16(4)15-12)7-14-6-5-11(17)13-3/h8-9,14H,5-7H2,1-4H3,(H,13,17). The largest absolute Gasteiger partial charge is 0.359 e. The average molecular weight is 238 g/mol. The minimum Gasteiger partial charge on any atom is -0.359 e. The van der Waals surface area contributed by atoms with Crippen molar-refractivity contribution in [3.05, 3.63) is 17.5 Å². The third kappa shape index (κ3) is 4.19. The molecule has 5 heteroatoms. The van der Waals surface area contributed by atoms with E-state index in [9.17, 15) is 4.79 Å². The van der Waals surface area contributed by atoms with Crippen molar-refractivity contribution < 1.29 is 4.79 Å². The van der Waals surface area contributed by atoms with E-state index in [1.807, 2.05) is 17.9 Å². The van der Waals surface area contributed by atoms with Crippen LogP contribution in [0.5, 0.6) is 0 Å². The molecule has 0 aliphatic carbocycles. The molecule has 2 N–H and O–H groups in total. The Morgan fingerprint density at radius 3 is 2.82 bits per heavy atom. The van der Waals surface area contributed by atoms with Gasteiger partial charge in [0.15, 0.2) is 0 Å². The lowest BCUT2D eigenvalue weighted by atomic mass is 10.1. The molecule has 0 saturated carbocycles. The Morgan fingerprint density at radius 1 is 1.53 bits per heavy atom. The lowest BCUT2D eigenvalue weighted by molar-refractivity contribution is -0.120. The van der Waals surface area contributed by atoms with Crippen LogP contribution in [0.4, 0.5) is 0 Å². The number of amides is 1. The molecule has 0 fully saturated rings. The molecular formula is C12H22N4O. The van der Waals surface area contributed by atoms with Crippen LogP contribution in [0, 0.1) is 0 Å². The highest BCUT2D eigenvalue weighted by molar-refractivity contribution is 5.75. The summed E-state index contributed by atoms with van der Waals surface area (Å²) in [5.41, 5.74) is 2.33. The zero-order valence-corrected chi connectivity index (χ0v) is 11.1. The highest BCUT2D eigenvalue weighted by Gasteiger charge is 2.10. The van der Waals surface area contributed by atoms with E-state index in [1.165, 1.54) is 5.56 Å². The monoisotopic (exact) mass is 238 g/mol. The van der Waals surface area contributed by atoms with Crippen molar-refractivity contribution in [2.24, 2.45) is 7.05 Å². The number of aromatic nitrogens is 2. The fourth-order valence-electron chi connectivity index (χ4n) is 1.73. The van der Waals surface area contributed by atoms with E-state index in [-0.39, 0.29) is 5.91 Å². The summed E-state index contributed by atoms with van der Waals surface area (Å²) < 4.78 is 1.84. The van der Waals surface area contributed by atoms with E-state index in [2.05, 4.69) is 29.6 Å². The van der Waals surface area contributed by atoms with Gasteiger partial charge in [-0.3, -0.25) is 9.48 Å². The molecule has 17 heavy (non-hydrogen) atoms. The molecule has 1 rings (SSSR count). The van der Waals surface area contributed by atoms with Crippen molar-refractivity contribution in [1.29, 1.82) is 0 Å². The van der Waals surface area contributed by atoms with Crippen LogP contribution >= 0.6 is 0 Å². The molecule has 1 heterocycles. The zero-order valence-electron chi connectivity index (χ0n) is 11.1. The average Bonchev–Trinajstić information content (AvgIpc) is 2.65. The minimum absolute atomic E-state index is 0.0627. The number of hydrogen-bond donors (Lipinski definition) is 2. The van der Waals surface area contributed by atoms with E-state index in [0.717, 1.165) is 12.2 Å². The number of aryl methyl sites for hydroxylation is 1. The van der Waals surface area contributed by atoms with Gasteiger partial charge in [0.05, 0.1) is 5.69 Å². The smallest absolute Gasteiger partial charge is 0.221 e. The van der Waals surface area contributed by atoms with Crippen molar-refractivity contribution in [2.45, 2.75) is 32.7 Å². The SMILES string of the molecule is CNC(=O)CCNCc1cn(C)nc1C(C)C. The summed E-state index contributed by atoms with van der Waals surface area (Å²) in [6.07, 6.45) is 2.54. The van der Waals surface area contributed by atoms with Crippen LogP contribution in [0.2, 0.25) is 0 Å². The van der Waals surface area contributed by atoms with Gasteiger partial charge in [0.25, 0.3) is 0 Å². The van der Waals surface area contributed by atoms with Crippen LogP contribution in [0.1, 0.15) is 37.4 Å². The molecular weight excluding hydrogens is 216 g/mol. The number of hydrogen-bond acceptors (Lipinski definition) is 3. The van der Waals surface area contributed by atoms with Crippen LogP contribution in [-0.4, -0.2) is 29.3 Å². The second-order valence-electron chi connectivity index (χ2n) is 4.47. The maximum absolute atomic E-state index is 11.0. The van der Waals surface area contributed by atoms with Gasteiger partial charge in [0.1, 0.15) is 0 Å². The maximum atomic E-state index is 11.0. The van der Waals surface area contributed by atoms with Gasteiger partial charge in [-0.2, -0.15) is 5.10 Å². The molecule has 1 aromatic heterocycles. The summed E-state index contributed by atoms with van der Waals surface area (Å²) in [5.74, 6) is 0.486. The molecule has 5 nitrogen and oxygen atoms in total. The summed E-state index contributed by atoms with van der Waals surface area (Å²) in [7, 11) is 3.58. The Hall–Kier alpha value is -1.36. The van der Waals surface area contributed by atoms with Crippen molar-refractivity contribution in [3.63, 3.8) is 0 Å². The van der Waals surface area contributed by atoms with Crippen LogP contribution in [0.3, 0.4) is 0 Å². The number of carbonyl (C=O) groups excluding carboxylic acids is 1. The number of carbonyl (C=O) groups is 1. The Balaban J connectivity index is 2.43. The van der Waals surface area contributed by atoms with Crippen molar-refractivity contribution in [2.75, 3.05) is 13.6 Å². The second kappa shape index (κ2) is 6.39. The number of nitrogens with zero attached hydrogens (tertiary/aromatic N) is 2. The first-order chi connectivity index (χ1) is 8.04. The lowest BCUT2D eigenvalue weighted by Gasteiger charge is -2.06. The number of rotatable bonds is 6. The summed E-state index contributed by atoms with van der Waals surface area (Å²) in [6.45, 7) is 5.72. The molecule has 1 aromatic rings. The minimum atomic E-state index is 0.0627. The van der Waals surface area contributed by atoms with Gasteiger partial charge < -0.3 is 10.6 Å². The van der Waals surface area contributed by atoms with Gasteiger partial charge in [-0.05, 0) is 5.92 Å². The van der Waals surface area contributed by atoms with E-state index < -0.39 is 0 Å². The van der Waals surface area contributed by atoms with Crippen LogP contribution in [-0.2, 0) is 18.4 Å². The van der Waals surface area contributed by atoms with E-state index in [4.69, 9.17) is 0 Å². The topological polar surface area (TPSA) is 59.0 Å². The second-order valence-corrected chi connectivity index (χ2v) is 4.47. The molecule has 0 unspecified atom stereocenters. The Kier molecular flexibility index (Phi) is 5.15. The normalized spacial score (nSPS) is 10.9. The molecule has 0 bridgehead atoms. The van der Waals surface area contributed by atoms with E-state index in [1.54, 1.807) is 7.05 Å². The van der Waals surface area contributed by atoms with Gasteiger partial charge in [0, 0.05) is 45.4 Å². The van der Waals surface area contributed by atoms with Gasteiger partial charge in [-0.25, -0.2) is 0 Å². The first kappa shape index (κ1) is 13.7. The zero-order chi connectivity index (χ0) is 12.8. The summed E-state index contributed by atoms with van der Waals surface area (Å²) >= 11 is 0. The molecule has 96 valence electrons. The predicted molar refractivity (Wildman–Crippen MR) is 67.7 cm³/mol. The number of nitrogens with one attached hydrogen (secondary N) is 2. The highest BCUT2D eigenvalue weighted by Crippen LogP contribution is 2.16. The van der Waals surface area contributed by atoms with Gasteiger partial charge in [-0.15, -0.1) is 0 Å². The maximum Gasteiger partial charge on any atom is 0.221 e. The third-order valence-electron chi connectivity index (χ3n) is 2.61. The summed E-state index contributed by atoms with van der Waals surface area (Å²) in [5, 5.41) is 10.3. The van der Waals surface area contributed by atoms with Crippen molar-refractivity contribution in [1.82, 2.24) is 20.4 Å². The fraction of sp³-hybridized carbons (Fsp3) is 0.667. The van der Waals surface area contributed by atoms with Crippen molar-refractivity contribution >= 4 is 5.91 Å². The molecule has 0 aliphatic heterocycles. The lowest BCUT2D eigenvalue weighted by Crippen LogP contribution is -2.24. The van der Waals surface area contributed by atoms with E-state index >= 15 is 0 Å². The molecule has 0 atom stereocenters. The molecule has 0 aromatic carbocycles. The first-order valence-corrected chi connectivity index (χ1v) is 5.98. The molecule has 0 radical (unpaired) electrons. The van der Waals surface area contributed by atoms with E-state index in [0.29, 0.717) is 18.9 Å². The first-order valence-electron chi connectivity index (χ1n) is 5.98.